The van der Waals surface area contributed by atoms with E-state index < -0.39 is 32.1 Å². The van der Waals surface area contributed by atoms with Crippen LogP contribution < -0.4 is 16.0 Å². The average molecular weight is 305 g/mol. The standard InChI is InChI=1S/C10H15N3O6S/c1-2-6(3-8(14)15)4-12-20(18,19)7-5-11-10(17)13-9(7)16/h5-6,12H,2-4H2,1H3,(H,14,15)(H2,11,13,16,17). The molecular weight excluding hydrogens is 290 g/mol. The molecule has 0 saturated heterocycles. The van der Waals surface area contributed by atoms with Crippen LogP contribution >= 0.6 is 0 Å². The van der Waals surface area contributed by atoms with Crippen LogP contribution in [0.5, 0.6) is 0 Å². The number of nitrogens with one attached hydrogen (secondary N) is 3. The molecule has 1 aromatic rings. The van der Waals surface area contributed by atoms with Gasteiger partial charge in [0, 0.05) is 19.2 Å². The van der Waals surface area contributed by atoms with Crippen LogP contribution in [-0.4, -0.2) is 36.0 Å². The lowest BCUT2D eigenvalue weighted by atomic mass is 10.0. The molecule has 1 atom stereocenters. The summed E-state index contributed by atoms with van der Waals surface area (Å²) in [6.07, 6.45) is 1.08. The molecule has 0 aromatic carbocycles. The Morgan fingerprint density at radius 1 is 1.45 bits per heavy atom. The van der Waals surface area contributed by atoms with Crippen LogP contribution in [0.15, 0.2) is 20.7 Å². The van der Waals surface area contributed by atoms with Gasteiger partial charge in [0.2, 0.25) is 10.0 Å². The van der Waals surface area contributed by atoms with Crippen molar-refractivity contribution in [2.45, 2.75) is 24.7 Å². The average Bonchev–Trinajstić information content (AvgIpc) is 2.33. The first-order valence-corrected chi connectivity index (χ1v) is 7.28. The second-order valence-electron chi connectivity index (χ2n) is 4.16. The third-order valence-electron chi connectivity index (χ3n) is 2.68. The fraction of sp³-hybridized carbons (Fsp3) is 0.500. The maximum Gasteiger partial charge on any atom is 0.325 e. The number of aromatic nitrogens is 2. The summed E-state index contributed by atoms with van der Waals surface area (Å²) in [6, 6.07) is 0. The Labute approximate surface area is 114 Å². The van der Waals surface area contributed by atoms with E-state index in [-0.39, 0.29) is 18.9 Å². The minimum absolute atomic E-state index is 0.107. The third kappa shape index (κ3) is 4.31. The van der Waals surface area contributed by atoms with Crippen LogP contribution in [0.2, 0.25) is 0 Å². The van der Waals surface area contributed by atoms with Crippen molar-refractivity contribution >= 4 is 16.0 Å². The molecule has 9 nitrogen and oxygen atoms in total. The molecule has 1 heterocycles. The second-order valence-corrected chi connectivity index (χ2v) is 5.90. The summed E-state index contributed by atoms with van der Waals surface area (Å²) < 4.78 is 25.9. The van der Waals surface area contributed by atoms with Crippen LogP contribution in [0, 0.1) is 5.92 Å². The van der Waals surface area contributed by atoms with E-state index in [9.17, 15) is 22.8 Å². The highest BCUT2D eigenvalue weighted by atomic mass is 32.2. The maximum absolute atomic E-state index is 11.9. The summed E-state index contributed by atoms with van der Waals surface area (Å²) in [4.78, 5) is 36.0. The summed E-state index contributed by atoms with van der Waals surface area (Å²) in [5.74, 6) is -1.41. The lowest BCUT2D eigenvalue weighted by Crippen LogP contribution is -2.35. The van der Waals surface area contributed by atoms with E-state index in [1.54, 1.807) is 11.9 Å². The predicted molar refractivity (Wildman–Crippen MR) is 68.9 cm³/mol. The molecule has 4 N–H and O–H groups in total. The first kappa shape index (κ1) is 16.1. The van der Waals surface area contributed by atoms with E-state index in [0.717, 1.165) is 6.20 Å². The fourth-order valence-electron chi connectivity index (χ4n) is 1.51. The van der Waals surface area contributed by atoms with Gasteiger partial charge in [-0.1, -0.05) is 13.3 Å². The van der Waals surface area contributed by atoms with Gasteiger partial charge in [0.05, 0.1) is 0 Å². The number of carboxylic acid groups (broad SMARTS) is 1. The highest BCUT2D eigenvalue weighted by Gasteiger charge is 2.21. The van der Waals surface area contributed by atoms with Crippen LogP contribution in [-0.2, 0) is 14.8 Å². The highest BCUT2D eigenvalue weighted by molar-refractivity contribution is 7.89. The van der Waals surface area contributed by atoms with Gasteiger partial charge in [-0.15, -0.1) is 0 Å². The molecule has 112 valence electrons. The van der Waals surface area contributed by atoms with Gasteiger partial charge in [-0.25, -0.2) is 17.9 Å². The smallest absolute Gasteiger partial charge is 0.325 e. The highest BCUT2D eigenvalue weighted by Crippen LogP contribution is 2.08. The minimum Gasteiger partial charge on any atom is -0.481 e. The van der Waals surface area contributed by atoms with Gasteiger partial charge in [-0.2, -0.15) is 0 Å². The Bertz CT molecular complexity index is 689. The number of sulfonamides is 1. The van der Waals surface area contributed by atoms with Crippen molar-refractivity contribution in [3.63, 3.8) is 0 Å². The predicted octanol–water partition coefficient (Wildman–Crippen LogP) is -1.16. The summed E-state index contributed by atoms with van der Waals surface area (Å²) in [5.41, 5.74) is -1.85. The number of aromatic amines is 2. The minimum atomic E-state index is -4.11. The van der Waals surface area contributed by atoms with Gasteiger partial charge in [-0.3, -0.25) is 14.6 Å². The Kier molecular flexibility index (Phi) is 5.22. The van der Waals surface area contributed by atoms with Gasteiger partial charge in [0.1, 0.15) is 0 Å². The number of hydrogen-bond acceptors (Lipinski definition) is 5. The maximum atomic E-state index is 11.9. The van der Waals surface area contributed by atoms with Crippen molar-refractivity contribution in [1.82, 2.24) is 14.7 Å². The Morgan fingerprint density at radius 3 is 2.60 bits per heavy atom. The molecule has 0 fully saturated rings. The van der Waals surface area contributed by atoms with Gasteiger partial charge < -0.3 is 10.1 Å². The lowest BCUT2D eigenvalue weighted by molar-refractivity contribution is -0.138. The van der Waals surface area contributed by atoms with Crippen LogP contribution in [0.1, 0.15) is 19.8 Å². The van der Waals surface area contributed by atoms with E-state index in [0.29, 0.717) is 6.42 Å². The van der Waals surface area contributed by atoms with E-state index >= 15 is 0 Å². The Morgan fingerprint density at radius 2 is 2.10 bits per heavy atom. The lowest BCUT2D eigenvalue weighted by Gasteiger charge is -2.13. The zero-order valence-corrected chi connectivity index (χ0v) is 11.5. The zero-order valence-electron chi connectivity index (χ0n) is 10.7. The van der Waals surface area contributed by atoms with Crippen molar-refractivity contribution in [2.24, 2.45) is 5.92 Å². The second kappa shape index (κ2) is 6.48. The van der Waals surface area contributed by atoms with E-state index in [1.165, 1.54) is 0 Å². The summed E-state index contributed by atoms with van der Waals surface area (Å²) in [5, 5.41) is 8.66. The molecule has 1 aromatic heterocycles. The van der Waals surface area contributed by atoms with E-state index in [2.05, 4.69) is 9.71 Å². The topological polar surface area (TPSA) is 149 Å². The van der Waals surface area contributed by atoms with Crippen molar-refractivity contribution in [3.8, 4) is 0 Å². The SMILES string of the molecule is CCC(CNS(=O)(=O)c1c[nH]c(=O)[nH]c1=O)CC(=O)O. The monoisotopic (exact) mass is 305 g/mol. The first-order valence-electron chi connectivity index (χ1n) is 5.79. The summed E-state index contributed by atoms with van der Waals surface area (Å²) >= 11 is 0. The third-order valence-corrected chi connectivity index (χ3v) is 4.11. The summed E-state index contributed by atoms with van der Waals surface area (Å²) in [6.45, 7) is 1.62. The molecule has 0 spiro atoms. The number of rotatable bonds is 7. The summed E-state index contributed by atoms with van der Waals surface area (Å²) in [7, 11) is -4.11. The zero-order chi connectivity index (χ0) is 15.3. The van der Waals surface area contributed by atoms with Crippen molar-refractivity contribution in [3.05, 3.63) is 27.0 Å². The van der Waals surface area contributed by atoms with Gasteiger partial charge in [-0.05, 0) is 5.92 Å². The molecule has 1 unspecified atom stereocenters. The molecule has 0 aliphatic rings. The first-order chi connectivity index (χ1) is 9.26. The van der Waals surface area contributed by atoms with Gasteiger partial charge in [0.25, 0.3) is 5.56 Å². The fourth-order valence-corrected chi connectivity index (χ4v) is 2.63. The molecule has 0 aliphatic heterocycles. The van der Waals surface area contributed by atoms with E-state index in [4.69, 9.17) is 5.11 Å². The molecule has 1 rings (SSSR count). The largest absolute Gasteiger partial charge is 0.481 e. The Hall–Kier alpha value is -1.94. The quantitative estimate of drug-likeness (QED) is 0.499. The van der Waals surface area contributed by atoms with Crippen LogP contribution in [0.25, 0.3) is 0 Å². The van der Waals surface area contributed by atoms with Crippen molar-refractivity contribution < 1.29 is 18.3 Å². The number of carboxylic acids is 1. The van der Waals surface area contributed by atoms with Crippen molar-refractivity contribution in [1.29, 1.82) is 0 Å². The molecular formula is C10H15N3O6S. The van der Waals surface area contributed by atoms with E-state index in [1.807, 2.05) is 0 Å². The number of carbonyl (C=O) groups is 1. The molecule has 0 bridgehead atoms. The number of aliphatic carboxylic acids is 1. The molecule has 0 radical (unpaired) electrons. The normalized spacial score (nSPS) is 13.1. The number of H-pyrrole nitrogens is 2. The van der Waals surface area contributed by atoms with Crippen LogP contribution in [0.4, 0.5) is 0 Å². The van der Waals surface area contributed by atoms with Gasteiger partial charge >= 0.3 is 11.7 Å². The molecule has 10 heteroatoms. The van der Waals surface area contributed by atoms with Gasteiger partial charge in [0.15, 0.2) is 4.90 Å². The molecule has 0 aliphatic carbocycles. The molecule has 20 heavy (non-hydrogen) atoms. The molecule has 0 saturated carbocycles. The number of hydrogen-bond donors (Lipinski definition) is 4. The van der Waals surface area contributed by atoms with Crippen LogP contribution in [0.3, 0.4) is 0 Å². The molecule has 0 amide bonds. The van der Waals surface area contributed by atoms with Crippen molar-refractivity contribution in [2.75, 3.05) is 6.54 Å². The Balaban J connectivity index is 2.87.